The molecule has 0 radical (unpaired) electrons. The number of carbonyl (C=O) groups is 1. The average Bonchev–Trinajstić information content (AvgIpc) is 2.65. The zero-order chi connectivity index (χ0) is 18.7. The van der Waals surface area contributed by atoms with Crippen LogP contribution in [0.1, 0.15) is 24.5 Å². The van der Waals surface area contributed by atoms with Crippen LogP contribution in [-0.4, -0.2) is 31.8 Å². The maximum Gasteiger partial charge on any atom is 0.241 e. The molecule has 26 heavy (non-hydrogen) atoms. The van der Waals surface area contributed by atoms with Crippen LogP contribution in [0.3, 0.4) is 0 Å². The predicted octanol–water partition coefficient (Wildman–Crippen LogP) is 2.47. The maximum atomic E-state index is 13.0. The molecule has 0 bridgehead atoms. The van der Waals surface area contributed by atoms with Crippen molar-refractivity contribution >= 4 is 15.9 Å². The van der Waals surface area contributed by atoms with Crippen LogP contribution in [0.25, 0.3) is 0 Å². The second-order valence-electron chi connectivity index (χ2n) is 6.31. The molecule has 1 aliphatic rings. The van der Waals surface area contributed by atoms with Crippen LogP contribution in [-0.2, 0) is 27.8 Å². The van der Waals surface area contributed by atoms with E-state index in [2.05, 4.69) is 4.72 Å². The van der Waals surface area contributed by atoms with Gasteiger partial charge in [0, 0.05) is 13.1 Å². The Morgan fingerprint density at radius 1 is 1.15 bits per heavy atom. The molecule has 3 rings (SSSR count). The molecular formula is C19H21FN2O3S. The molecular weight excluding hydrogens is 355 g/mol. The Bertz CT molecular complexity index is 897. The van der Waals surface area contributed by atoms with Crippen LogP contribution in [0.2, 0.25) is 0 Å². The van der Waals surface area contributed by atoms with E-state index in [-0.39, 0.29) is 10.8 Å². The van der Waals surface area contributed by atoms with E-state index >= 15 is 0 Å². The third-order valence-electron chi connectivity index (χ3n) is 4.57. The lowest BCUT2D eigenvalue weighted by molar-refractivity contribution is -0.134. The number of hydrogen-bond donors (Lipinski definition) is 1. The molecule has 2 aromatic carbocycles. The molecule has 0 saturated heterocycles. The van der Waals surface area contributed by atoms with Crippen molar-refractivity contribution in [1.29, 1.82) is 0 Å². The summed E-state index contributed by atoms with van der Waals surface area (Å²) >= 11 is 0. The van der Waals surface area contributed by atoms with E-state index in [0.717, 1.165) is 24.1 Å². The first-order chi connectivity index (χ1) is 12.4. The molecule has 7 heteroatoms. The maximum absolute atomic E-state index is 13.0. The minimum atomic E-state index is -3.90. The summed E-state index contributed by atoms with van der Waals surface area (Å²) in [5.41, 5.74) is 2.31. The van der Waals surface area contributed by atoms with Gasteiger partial charge >= 0.3 is 0 Å². The number of benzene rings is 2. The van der Waals surface area contributed by atoms with Crippen LogP contribution in [0.15, 0.2) is 53.4 Å². The van der Waals surface area contributed by atoms with Crippen molar-refractivity contribution in [2.45, 2.75) is 37.2 Å². The minimum Gasteiger partial charge on any atom is -0.337 e. The lowest BCUT2D eigenvalue weighted by Crippen LogP contribution is -2.49. The summed E-state index contributed by atoms with van der Waals surface area (Å²) in [4.78, 5) is 14.5. The third-order valence-corrected chi connectivity index (χ3v) is 6.06. The first kappa shape index (κ1) is 18.5. The number of nitrogens with zero attached hydrogens (tertiary/aromatic N) is 1. The summed E-state index contributed by atoms with van der Waals surface area (Å²) in [6.07, 6.45) is 1.08. The molecule has 2 aromatic rings. The Morgan fingerprint density at radius 3 is 2.46 bits per heavy atom. The van der Waals surface area contributed by atoms with Gasteiger partial charge in [-0.2, -0.15) is 4.72 Å². The second-order valence-corrected chi connectivity index (χ2v) is 8.03. The highest BCUT2D eigenvalue weighted by atomic mass is 32.2. The molecule has 0 saturated carbocycles. The molecule has 5 nitrogen and oxygen atoms in total. The fraction of sp³-hybridized carbons (Fsp3) is 0.316. The summed E-state index contributed by atoms with van der Waals surface area (Å²) < 4.78 is 40.5. The number of hydrogen-bond acceptors (Lipinski definition) is 3. The number of fused-ring (bicyclic) bond motifs is 1. The zero-order valence-electron chi connectivity index (χ0n) is 14.5. The number of halogens is 1. The molecule has 1 aliphatic heterocycles. The van der Waals surface area contributed by atoms with Gasteiger partial charge in [0.2, 0.25) is 15.9 Å². The fourth-order valence-corrected chi connectivity index (χ4v) is 4.35. The predicted molar refractivity (Wildman–Crippen MR) is 96.4 cm³/mol. The van der Waals surface area contributed by atoms with Gasteiger partial charge in [0.1, 0.15) is 11.9 Å². The Balaban J connectivity index is 1.74. The van der Waals surface area contributed by atoms with Gasteiger partial charge in [0.25, 0.3) is 0 Å². The highest BCUT2D eigenvalue weighted by Gasteiger charge is 2.29. The standard InChI is InChI=1S/C19H21FN2O3S/c1-2-18(21-26(24,25)17-9-7-16(20)8-10-17)19(23)22-12-11-14-5-3-4-6-15(14)13-22/h3-10,18,21H,2,11-13H2,1H3. The van der Waals surface area contributed by atoms with Crippen LogP contribution in [0.4, 0.5) is 4.39 Å². The third kappa shape index (κ3) is 3.94. The van der Waals surface area contributed by atoms with Gasteiger partial charge in [-0.05, 0) is 48.2 Å². The fourth-order valence-electron chi connectivity index (χ4n) is 3.08. The molecule has 0 spiro atoms. The van der Waals surface area contributed by atoms with Crippen molar-refractivity contribution in [1.82, 2.24) is 9.62 Å². The van der Waals surface area contributed by atoms with Gasteiger partial charge in [-0.25, -0.2) is 12.8 Å². The molecule has 1 atom stereocenters. The lowest BCUT2D eigenvalue weighted by Gasteiger charge is -2.31. The second kappa shape index (κ2) is 7.55. The molecule has 138 valence electrons. The van der Waals surface area contributed by atoms with E-state index < -0.39 is 21.9 Å². The summed E-state index contributed by atoms with van der Waals surface area (Å²) in [5.74, 6) is -0.758. The van der Waals surface area contributed by atoms with Gasteiger partial charge in [-0.15, -0.1) is 0 Å². The van der Waals surface area contributed by atoms with Crippen molar-refractivity contribution in [3.63, 3.8) is 0 Å². The molecule has 0 fully saturated rings. The number of amides is 1. The van der Waals surface area contributed by atoms with Crippen LogP contribution in [0, 0.1) is 5.82 Å². The normalized spacial score (nSPS) is 15.4. The minimum absolute atomic E-state index is 0.0610. The van der Waals surface area contributed by atoms with Crippen LogP contribution >= 0.6 is 0 Å². The van der Waals surface area contributed by atoms with Gasteiger partial charge in [0.05, 0.1) is 4.90 Å². The number of rotatable bonds is 5. The summed E-state index contributed by atoms with van der Waals surface area (Å²) in [7, 11) is -3.90. The van der Waals surface area contributed by atoms with Crippen molar-refractivity contribution in [2.24, 2.45) is 0 Å². The van der Waals surface area contributed by atoms with E-state index in [1.54, 1.807) is 11.8 Å². The number of sulfonamides is 1. The molecule has 0 aliphatic carbocycles. The van der Waals surface area contributed by atoms with E-state index in [4.69, 9.17) is 0 Å². The van der Waals surface area contributed by atoms with Crippen molar-refractivity contribution in [2.75, 3.05) is 6.54 Å². The average molecular weight is 376 g/mol. The smallest absolute Gasteiger partial charge is 0.241 e. The largest absolute Gasteiger partial charge is 0.337 e. The topological polar surface area (TPSA) is 66.5 Å². The molecule has 1 unspecified atom stereocenters. The monoisotopic (exact) mass is 376 g/mol. The van der Waals surface area contributed by atoms with E-state index in [0.29, 0.717) is 19.5 Å². The van der Waals surface area contributed by atoms with E-state index in [1.165, 1.54) is 17.7 Å². The zero-order valence-corrected chi connectivity index (χ0v) is 15.3. The summed E-state index contributed by atoms with van der Waals surface area (Å²) in [6.45, 7) is 2.79. The van der Waals surface area contributed by atoms with Crippen LogP contribution < -0.4 is 4.72 Å². The first-order valence-electron chi connectivity index (χ1n) is 8.54. The number of nitrogens with one attached hydrogen (secondary N) is 1. The lowest BCUT2D eigenvalue weighted by atomic mass is 9.99. The molecule has 1 N–H and O–H groups in total. The van der Waals surface area contributed by atoms with Gasteiger partial charge < -0.3 is 4.90 Å². The van der Waals surface area contributed by atoms with Crippen LogP contribution in [0.5, 0.6) is 0 Å². The Morgan fingerprint density at radius 2 is 1.81 bits per heavy atom. The van der Waals surface area contributed by atoms with Crippen molar-refractivity contribution in [3.8, 4) is 0 Å². The quantitative estimate of drug-likeness (QED) is 0.872. The Labute approximate surface area is 152 Å². The molecule has 1 heterocycles. The highest BCUT2D eigenvalue weighted by molar-refractivity contribution is 7.89. The Hall–Kier alpha value is -2.25. The highest BCUT2D eigenvalue weighted by Crippen LogP contribution is 2.20. The summed E-state index contributed by atoms with van der Waals surface area (Å²) in [5, 5.41) is 0. The SMILES string of the molecule is CCC(NS(=O)(=O)c1ccc(F)cc1)C(=O)N1CCc2ccccc2C1. The van der Waals surface area contributed by atoms with Crippen molar-refractivity contribution < 1.29 is 17.6 Å². The first-order valence-corrected chi connectivity index (χ1v) is 10.0. The Kier molecular flexibility index (Phi) is 5.38. The number of carbonyl (C=O) groups excluding carboxylic acids is 1. The van der Waals surface area contributed by atoms with Gasteiger partial charge in [-0.3, -0.25) is 4.79 Å². The molecule has 1 amide bonds. The molecule has 0 aromatic heterocycles. The van der Waals surface area contributed by atoms with E-state index in [1.807, 2.05) is 24.3 Å². The van der Waals surface area contributed by atoms with E-state index in [9.17, 15) is 17.6 Å². The van der Waals surface area contributed by atoms with Crippen molar-refractivity contribution in [3.05, 3.63) is 65.5 Å². The van der Waals surface area contributed by atoms with Gasteiger partial charge in [0.15, 0.2) is 0 Å². The summed E-state index contributed by atoms with van der Waals surface area (Å²) in [6, 6.07) is 11.6. The van der Waals surface area contributed by atoms with Gasteiger partial charge in [-0.1, -0.05) is 31.2 Å².